The van der Waals surface area contributed by atoms with Crippen molar-refractivity contribution in [3.8, 4) is 22.5 Å². The minimum absolute atomic E-state index is 0. The van der Waals surface area contributed by atoms with Gasteiger partial charge < -0.3 is 9.97 Å². The summed E-state index contributed by atoms with van der Waals surface area (Å²) < 4.78 is 0. The first kappa shape index (κ1) is 27.0. The predicted molar refractivity (Wildman–Crippen MR) is 142 cm³/mol. The summed E-state index contributed by atoms with van der Waals surface area (Å²) in [6.07, 6.45) is 6.15. The summed E-state index contributed by atoms with van der Waals surface area (Å²) in [5.74, 6) is 0. The normalized spacial score (nSPS) is 15.1. The molecule has 0 bridgehead atoms. The van der Waals surface area contributed by atoms with Crippen molar-refractivity contribution < 1.29 is 20.1 Å². The van der Waals surface area contributed by atoms with Crippen molar-refractivity contribution in [2.24, 2.45) is 0 Å². The first-order chi connectivity index (χ1) is 16.2. The largest absolute Gasteiger partial charge is 0.304 e. The Hall–Kier alpha value is -2.61. The predicted octanol–water partition coefficient (Wildman–Crippen LogP) is 8.06. The quantitative estimate of drug-likeness (QED) is 0.208. The van der Waals surface area contributed by atoms with Gasteiger partial charge in [0.2, 0.25) is 0 Å². The van der Waals surface area contributed by atoms with Crippen LogP contribution in [0.3, 0.4) is 0 Å². The fraction of sp³-hybridized carbons (Fsp3) is 0.312. The molecule has 0 amide bonds. The van der Waals surface area contributed by atoms with Gasteiger partial charge in [-0.15, -0.1) is 70.8 Å². The number of rotatable bonds is 2. The van der Waals surface area contributed by atoms with Crippen molar-refractivity contribution in [1.82, 2.24) is 9.97 Å². The molecule has 0 atom stereocenters. The average Bonchev–Trinajstić information content (AvgIpc) is 2.84. The van der Waals surface area contributed by atoms with E-state index in [9.17, 15) is 0 Å². The van der Waals surface area contributed by atoms with E-state index < -0.39 is 0 Å². The Kier molecular flexibility index (Phi) is 8.46. The summed E-state index contributed by atoms with van der Waals surface area (Å²) in [5.41, 5.74) is 10.1. The number of hydrogen-bond acceptors (Lipinski definition) is 2. The van der Waals surface area contributed by atoms with Crippen LogP contribution in [-0.2, 0) is 30.9 Å². The molecule has 0 aliphatic heterocycles. The number of aryl methyl sites for hydroxylation is 2. The van der Waals surface area contributed by atoms with Gasteiger partial charge in [0.25, 0.3) is 0 Å². The fourth-order valence-corrected chi connectivity index (χ4v) is 4.72. The summed E-state index contributed by atoms with van der Waals surface area (Å²) in [6, 6.07) is 27.2. The summed E-state index contributed by atoms with van der Waals surface area (Å²) >= 11 is 0. The van der Waals surface area contributed by atoms with Gasteiger partial charge in [0.05, 0.1) is 0 Å². The monoisotopic (exact) mass is 639 g/mol. The SMILES string of the molecule is Cc1cccnc1-c1[c-]cc2c(c1)C(C)(C)CCC2(C)C.Cc1cccnc1-c1[c-]cccc1.[Ir]. The third kappa shape index (κ3) is 5.97. The van der Waals surface area contributed by atoms with E-state index in [1.165, 1.54) is 35.1 Å². The van der Waals surface area contributed by atoms with Gasteiger partial charge in [-0.25, -0.2) is 0 Å². The standard InChI is InChI=1S/C20H24N.C12H10N.Ir/c1-14-7-6-12-21-18(14)15-8-9-16-17(13-15)20(4,5)11-10-19(16,2)3;1-10-6-5-9-13-12(10)11-7-3-2-4-8-11;/h6-7,9,12-13H,10-11H2,1-5H3;2-7,9H,1H3;/q2*-1;. The molecule has 2 heterocycles. The Bertz CT molecular complexity index is 1280. The molecule has 2 aromatic carbocycles. The minimum Gasteiger partial charge on any atom is -0.304 e. The number of nitrogens with zero attached hydrogens (tertiary/aromatic N) is 2. The number of aromatic nitrogens is 2. The average molecular weight is 639 g/mol. The van der Waals surface area contributed by atoms with Crippen LogP contribution in [0.1, 0.15) is 62.8 Å². The van der Waals surface area contributed by atoms with Gasteiger partial charge >= 0.3 is 0 Å². The van der Waals surface area contributed by atoms with Gasteiger partial charge in [-0.3, -0.25) is 0 Å². The fourth-order valence-electron chi connectivity index (χ4n) is 4.72. The third-order valence-corrected chi connectivity index (χ3v) is 7.02. The molecule has 0 saturated heterocycles. The van der Waals surface area contributed by atoms with E-state index in [4.69, 9.17) is 0 Å². The zero-order valence-electron chi connectivity index (χ0n) is 21.6. The Balaban J connectivity index is 0.000000211. The Morgan fingerprint density at radius 1 is 0.686 bits per heavy atom. The van der Waals surface area contributed by atoms with Crippen LogP contribution in [0.15, 0.2) is 73.1 Å². The molecule has 0 spiro atoms. The number of fused-ring (bicyclic) bond motifs is 1. The van der Waals surface area contributed by atoms with Crippen molar-refractivity contribution in [1.29, 1.82) is 0 Å². The Morgan fingerprint density at radius 2 is 1.26 bits per heavy atom. The van der Waals surface area contributed by atoms with Gasteiger partial charge in [-0.2, -0.15) is 0 Å². The zero-order valence-corrected chi connectivity index (χ0v) is 24.0. The summed E-state index contributed by atoms with van der Waals surface area (Å²) in [5, 5.41) is 0. The third-order valence-electron chi connectivity index (χ3n) is 7.02. The van der Waals surface area contributed by atoms with Gasteiger partial charge in [-0.05, 0) is 54.6 Å². The van der Waals surface area contributed by atoms with Crippen LogP contribution in [0.25, 0.3) is 22.5 Å². The maximum Gasteiger partial charge on any atom is 0.0160 e. The minimum atomic E-state index is 0. The first-order valence-electron chi connectivity index (χ1n) is 12.1. The maximum atomic E-state index is 4.55. The molecule has 0 unspecified atom stereocenters. The molecule has 35 heavy (non-hydrogen) atoms. The van der Waals surface area contributed by atoms with Crippen molar-refractivity contribution >= 4 is 0 Å². The second-order valence-corrected chi connectivity index (χ2v) is 10.6. The van der Waals surface area contributed by atoms with Gasteiger partial charge in [0, 0.05) is 32.5 Å². The molecule has 0 saturated carbocycles. The molecule has 2 aromatic heterocycles. The van der Waals surface area contributed by atoms with Crippen LogP contribution < -0.4 is 0 Å². The van der Waals surface area contributed by atoms with E-state index in [1.54, 1.807) is 0 Å². The molecule has 0 fully saturated rings. The van der Waals surface area contributed by atoms with E-state index in [1.807, 2.05) is 48.8 Å². The Morgan fingerprint density at radius 3 is 1.80 bits per heavy atom. The molecular formula is C32H34IrN2-2. The number of hydrogen-bond donors (Lipinski definition) is 0. The van der Waals surface area contributed by atoms with E-state index in [0.717, 1.165) is 22.5 Å². The van der Waals surface area contributed by atoms with Crippen LogP contribution in [0.5, 0.6) is 0 Å². The number of benzene rings is 2. The van der Waals surface area contributed by atoms with E-state index in [2.05, 4.69) is 87.9 Å². The smallest absolute Gasteiger partial charge is 0.0160 e. The first-order valence-corrected chi connectivity index (χ1v) is 12.1. The molecule has 0 N–H and O–H groups in total. The molecule has 183 valence electrons. The second kappa shape index (κ2) is 11.0. The maximum absolute atomic E-state index is 4.55. The summed E-state index contributed by atoms with van der Waals surface area (Å²) in [7, 11) is 0. The molecule has 3 heteroatoms. The molecule has 1 aliphatic rings. The summed E-state index contributed by atoms with van der Waals surface area (Å²) in [6.45, 7) is 13.6. The zero-order chi connectivity index (χ0) is 24.3. The molecule has 4 aromatic rings. The molecular weight excluding hydrogens is 605 g/mol. The van der Waals surface area contributed by atoms with Gasteiger partial charge in [0.1, 0.15) is 0 Å². The Labute approximate surface area is 224 Å². The molecule has 5 rings (SSSR count). The van der Waals surface area contributed by atoms with E-state index in [-0.39, 0.29) is 30.9 Å². The molecule has 1 radical (unpaired) electrons. The van der Waals surface area contributed by atoms with Gasteiger partial charge in [-0.1, -0.05) is 57.4 Å². The van der Waals surface area contributed by atoms with Crippen LogP contribution in [0.2, 0.25) is 0 Å². The van der Waals surface area contributed by atoms with Crippen molar-refractivity contribution in [3.05, 3.63) is 107 Å². The number of pyridine rings is 2. The van der Waals surface area contributed by atoms with Crippen LogP contribution in [0.4, 0.5) is 0 Å². The van der Waals surface area contributed by atoms with Crippen molar-refractivity contribution in [2.45, 2.75) is 65.2 Å². The van der Waals surface area contributed by atoms with Crippen molar-refractivity contribution in [3.63, 3.8) is 0 Å². The summed E-state index contributed by atoms with van der Waals surface area (Å²) in [4.78, 5) is 8.87. The van der Waals surface area contributed by atoms with Gasteiger partial charge in [0.15, 0.2) is 0 Å². The van der Waals surface area contributed by atoms with Crippen LogP contribution in [-0.4, -0.2) is 9.97 Å². The van der Waals surface area contributed by atoms with Crippen LogP contribution in [0, 0.1) is 26.0 Å². The topological polar surface area (TPSA) is 25.8 Å². The second-order valence-electron chi connectivity index (χ2n) is 10.6. The van der Waals surface area contributed by atoms with E-state index in [0.29, 0.717) is 0 Å². The van der Waals surface area contributed by atoms with E-state index >= 15 is 0 Å². The van der Waals surface area contributed by atoms with Crippen LogP contribution >= 0.6 is 0 Å². The van der Waals surface area contributed by atoms with Crippen molar-refractivity contribution in [2.75, 3.05) is 0 Å². The molecule has 2 nitrogen and oxygen atoms in total. The molecule has 1 aliphatic carbocycles.